The summed E-state index contributed by atoms with van der Waals surface area (Å²) in [6.45, 7) is 13.1. The van der Waals surface area contributed by atoms with Crippen molar-refractivity contribution in [2.24, 2.45) is 0 Å². The summed E-state index contributed by atoms with van der Waals surface area (Å²) in [6, 6.07) is 33.9. The van der Waals surface area contributed by atoms with Crippen molar-refractivity contribution in [3.05, 3.63) is 138 Å². The van der Waals surface area contributed by atoms with Gasteiger partial charge in [0.2, 0.25) is 11.9 Å². The summed E-state index contributed by atoms with van der Waals surface area (Å²) in [5.41, 5.74) is 1.60. The van der Waals surface area contributed by atoms with E-state index in [0.717, 1.165) is 43.4 Å². The third-order valence-electron chi connectivity index (χ3n) is 10.6. The zero-order chi connectivity index (χ0) is 48.4. The molecule has 6 aromatic rings. The maximum absolute atomic E-state index is 13.7. The van der Waals surface area contributed by atoms with Crippen LogP contribution in [0.4, 0.5) is 66.8 Å². The maximum Gasteiger partial charge on any atom is 0.421 e. The Morgan fingerprint density at radius 1 is 0.537 bits per heavy atom. The number of halogens is 7. The first-order valence-corrected chi connectivity index (χ1v) is 26.7. The predicted octanol–water partition coefficient (Wildman–Crippen LogP) is 10.1. The van der Waals surface area contributed by atoms with E-state index in [0.29, 0.717) is 49.1 Å². The van der Waals surface area contributed by atoms with E-state index in [4.69, 9.17) is 11.6 Å². The van der Waals surface area contributed by atoms with Crippen molar-refractivity contribution in [3.8, 4) is 0 Å². The summed E-state index contributed by atoms with van der Waals surface area (Å²) in [4.78, 5) is 21.5. The van der Waals surface area contributed by atoms with Crippen molar-refractivity contribution in [1.29, 1.82) is 0 Å². The predicted molar refractivity (Wildman–Crippen MR) is 259 cm³/mol. The first kappa shape index (κ1) is 50.7. The molecule has 0 spiro atoms. The molecule has 0 aliphatic carbocycles. The Hall–Kier alpha value is -5.67. The number of piperazine rings is 2. The van der Waals surface area contributed by atoms with Gasteiger partial charge in [-0.05, 0) is 99.5 Å². The van der Waals surface area contributed by atoms with E-state index in [1.54, 1.807) is 80.1 Å². The molecule has 3 N–H and O–H groups in total. The largest absolute Gasteiger partial charge is 0.421 e. The monoisotopic (exact) mass is 986 g/mol. The topological polar surface area (TPSA) is 132 Å². The van der Waals surface area contributed by atoms with Gasteiger partial charge in [-0.3, -0.25) is 0 Å². The third-order valence-corrected chi connectivity index (χ3v) is 13.9. The van der Waals surface area contributed by atoms with Gasteiger partial charge in [0, 0.05) is 98.1 Å². The number of anilines is 7. The van der Waals surface area contributed by atoms with E-state index >= 15 is 0 Å². The molecular formula is C46H51ClF6N10O2P2. The Morgan fingerprint density at radius 2 is 0.925 bits per heavy atom. The highest BCUT2D eigenvalue weighted by atomic mass is 35.5. The molecule has 67 heavy (non-hydrogen) atoms. The molecule has 2 aliphatic rings. The van der Waals surface area contributed by atoms with E-state index in [2.05, 4.69) is 76.0 Å². The number of aromatic nitrogens is 4. The molecule has 2 saturated heterocycles. The van der Waals surface area contributed by atoms with Gasteiger partial charge in [-0.15, -0.1) is 0 Å². The molecule has 21 heteroatoms. The smallest absolute Gasteiger partial charge is 0.369 e. The number of alkyl halides is 6. The summed E-state index contributed by atoms with van der Waals surface area (Å²) in [6.07, 6.45) is -7.70. The van der Waals surface area contributed by atoms with Crippen LogP contribution in [0.15, 0.2) is 122 Å². The highest BCUT2D eigenvalue weighted by Crippen LogP contribution is 2.38. The van der Waals surface area contributed by atoms with Gasteiger partial charge < -0.3 is 39.8 Å². The average molecular weight is 987 g/mol. The molecule has 0 saturated carbocycles. The number of nitrogens with zero attached hydrogens (tertiary/aromatic N) is 7. The summed E-state index contributed by atoms with van der Waals surface area (Å²) in [5.74, 6) is -0.106. The van der Waals surface area contributed by atoms with Crippen LogP contribution < -0.4 is 41.3 Å². The van der Waals surface area contributed by atoms with E-state index in [-0.39, 0.29) is 17.7 Å². The molecule has 2 aromatic heterocycles. The zero-order valence-electron chi connectivity index (χ0n) is 37.2. The summed E-state index contributed by atoms with van der Waals surface area (Å²) in [7, 11) is -4.75. The Labute approximate surface area is 391 Å². The fraction of sp³-hybridized carbons (Fsp3) is 0.304. The lowest BCUT2D eigenvalue weighted by molar-refractivity contribution is -0.138. The average Bonchev–Trinajstić information content (AvgIpc) is 3.29. The molecule has 4 aromatic carbocycles. The van der Waals surface area contributed by atoms with Crippen LogP contribution in [-0.4, -0.2) is 99.0 Å². The summed E-state index contributed by atoms with van der Waals surface area (Å²) >= 11 is 5.52. The number of para-hydroxylation sites is 2. The number of rotatable bonds is 9. The van der Waals surface area contributed by atoms with E-state index in [9.17, 15) is 35.5 Å². The zero-order valence-corrected chi connectivity index (χ0v) is 39.7. The van der Waals surface area contributed by atoms with Gasteiger partial charge in [0.1, 0.15) is 36.4 Å². The van der Waals surface area contributed by atoms with Crippen LogP contribution in [0.3, 0.4) is 0 Å². The van der Waals surface area contributed by atoms with Crippen LogP contribution in [0.25, 0.3) is 0 Å². The van der Waals surface area contributed by atoms with Crippen molar-refractivity contribution in [2.75, 3.05) is 104 Å². The molecule has 0 amide bonds. The van der Waals surface area contributed by atoms with Crippen molar-refractivity contribution in [2.45, 2.75) is 12.4 Å². The number of hydrogen-bond acceptors (Lipinski definition) is 12. The Balaban J connectivity index is 0.000000186. The Kier molecular flexibility index (Phi) is 16.6. The molecule has 8 rings (SSSR count). The highest BCUT2D eigenvalue weighted by Gasteiger charge is 2.38. The van der Waals surface area contributed by atoms with E-state index < -0.39 is 42.9 Å². The highest BCUT2D eigenvalue weighted by molar-refractivity contribution is 7.70. The van der Waals surface area contributed by atoms with Gasteiger partial charge in [-0.2, -0.15) is 31.3 Å². The van der Waals surface area contributed by atoms with E-state index in [1.165, 1.54) is 5.69 Å². The standard InChI is InChI=1S/C23H25F3N5OP.C13H12ClF3N3OP.C10H14N2/c1-33(2,32)19-10-8-17(9-11-19)28-22-27-16-20(23(24,25)26)21(29-22)31-14-12-30(13-15-31)18-6-4-3-5-7-18;1-22(2,21)9-5-3-8(4-6-9)19-12-18-7-10(11(14)20-12)13(15,16)17;1-2-4-10(5-3-1)12-8-6-11-7-9-12/h3-11,16H,12-15H2,1-2H3,(H,27,28,29);3-7H,1-2H3,(H,18,19,20);1-5,11H,6-9H2. The molecule has 4 heterocycles. The fourth-order valence-electron chi connectivity index (χ4n) is 6.93. The van der Waals surface area contributed by atoms with Crippen LogP contribution in [0.2, 0.25) is 5.15 Å². The molecule has 0 radical (unpaired) electrons. The van der Waals surface area contributed by atoms with Gasteiger partial charge in [0.05, 0.1) is 0 Å². The molecular weight excluding hydrogens is 936 g/mol. The lowest BCUT2D eigenvalue weighted by Gasteiger charge is -2.37. The van der Waals surface area contributed by atoms with Crippen LogP contribution in [0.1, 0.15) is 11.1 Å². The minimum atomic E-state index is -4.60. The SMILES string of the molecule is CP(C)(=O)c1ccc(Nc2ncc(C(F)(F)F)c(Cl)n2)cc1.CP(C)(=O)c1ccc(Nc2ncc(C(F)(F)F)c(N3CCN(c4ccccc4)CC3)n2)cc1.c1ccc(N2CCNCC2)cc1. The van der Waals surface area contributed by atoms with Gasteiger partial charge in [0.15, 0.2) is 0 Å². The van der Waals surface area contributed by atoms with Gasteiger partial charge in [-0.1, -0.05) is 48.0 Å². The van der Waals surface area contributed by atoms with Gasteiger partial charge in [0.25, 0.3) is 0 Å². The summed E-state index contributed by atoms with van der Waals surface area (Å²) < 4.78 is 103. The van der Waals surface area contributed by atoms with Crippen molar-refractivity contribution in [3.63, 3.8) is 0 Å². The van der Waals surface area contributed by atoms with Crippen LogP contribution in [0.5, 0.6) is 0 Å². The number of benzene rings is 4. The Morgan fingerprint density at radius 3 is 1.33 bits per heavy atom. The van der Waals surface area contributed by atoms with Crippen molar-refractivity contribution < 1.29 is 35.5 Å². The second kappa shape index (κ2) is 22.0. The molecule has 2 fully saturated rings. The third kappa shape index (κ3) is 14.7. The number of nitrogens with one attached hydrogen (secondary N) is 3. The van der Waals surface area contributed by atoms with Crippen LogP contribution in [0, 0.1) is 0 Å². The van der Waals surface area contributed by atoms with Gasteiger partial charge in [-0.25, -0.2) is 15.0 Å². The first-order chi connectivity index (χ1) is 31.6. The molecule has 0 unspecified atom stereocenters. The quantitative estimate of drug-likeness (QED) is 0.0724. The molecule has 12 nitrogen and oxygen atoms in total. The normalized spacial score (nSPS) is 14.6. The minimum Gasteiger partial charge on any atom is -0.369 e. The second-order valence-electron chi connectivity index (χ2n) is 16.3. The van der Waals surface area contributed by atoms with Crippen LogP contribution in [-0.2, 0) is 21.5 Å². The molecule has 2 aliphatic heterocycles. The lowest BCUT2D eigenvalue weighted by atomic mass is 10.2. The number of hydrogen-bond donors (Lipinski definition) is 3. The van der Waals surface area contributed by atoms with Crippen molar-refractivity contribution in [1.82, 2.24) is 25.3 Å². The Bertz CT molecular complexity index is 2620. The maximum atomic E-state index is 13.7. The minimum absolute atomic E-state index is 0.0538. The van der Waals surface area contributed by atoms with Crippen molar-refractivity contribution >= 4 is 77.0 Å². The lowest BCUT2D eigenvalue weighted by Crippen LogP contribution is -2.47. The molecule has 0 atom stereocenters. The molecule has 0 bridgehead atoms. The van der Waals surface area contributed by atoms with Crippen LogP contribution >= 0.6 is 25.9 Å². The van der Waals surface area contributed by atoms with E-state index in [1.807, 2.05) is 30.3 Å². The first-order valence-electron chi connectivity index (χ1n) is 21.1. The fourth-order valence-corrected chi connectivity index (χ4v) is 8.90. The summed E-state index contributed by atoms with van der Waals surface area (Å²) in [5, 5.41) is 9.79. The van der Waals surface area contributed by atoms with Gasteiger partial charge >= 0.3 is 12.4 Å². The molecule has 356 valence electrons. The second-order valence-corrected chi connectivity index (χ2v) is 23.0.